The Kier molecular flexibility index (Phi) is 4.49. The molecule has 0 unspecified atom stereocenters. The summed E-state index contributed by atoms with van der Waals surface area (Å²) in [6.07, 6.45) is 3.57. The minimum Gasteiger partial charge on any atom is -0.256 e. The largest absolute Gasteiger partial charge is 0.256 e. The number of fused-ring (bicyclic) bond motifs is 2. The minimum absolute atomic E-state index is 0.109. The van der Waals surface area contributed by atoms with E-state index in [-0.39, 0.29) is 7.92 Å². The molecule has 3 heterocycles. The third-order valence-corrected chi connectivity index (χ3v) is 6.24. The smallest absolute Gasteiger partial charge is 0.221 e. The van der Waals surface area contributed by atoms with Crippen molar-refractivity contribution in [3.8, 4) is 11.3 Å². The first-order valence-electron chi connectivity index (χ1n) is 9.35. The molecule has 0 atom stereocenters. The van der Waals surface area contributed by atoms with Crippen LogP contribution in [0.15, 0.2) is 67.0 Å². The van der Waals surface area contributed by atoms with Crippen LogP contribution in [0.3, 0.4) is 0 Å². The van der Waals surface area contributed by atoms with E-state index in [2.05, 4.69) is 76.1 Å². The lowest BCUT2D eigenvalue weighted by molar-refractivity contribution is 0.664. The van der Waals surface area contributed by atoms with Gasteiger partial charge < -0.3 is 0 Å². The van der Waals surface area contributed by atoms with Crippen LogP contribution in [-0.2, 0) is 6.54 Å². The Morgan fingerprint density at radius 2 is 1.83 bits per heavy atom. The SMILES string of the molecule is CP(C)c1ccc(-c2cnc3nnn(Cc4ccc5ncccc5c4)c3n2)cc1. The Morgan fingerprint density at radius 1 is 0.966 bits per heavy atom. The maximum atomic E-state index is 4.81. The summed E-state index contributed by atoms with van der Waals surface area (Å²) in [5.74, 6) is 0. The van der Waals surface area contributed by atoms with Gasteiger partial charge in [-0.3, -0.25) is 4.98 Å². The highest BCUT2D eigenvalue weighted by atomic mass is 31.1. The van der Waals surface area contributed by atoms with E-state index in [1.165, 1.54) is 5.30 Å². The van der Waals surface area contributed by atoms with E-state index < -0.39 is 0 Å². The van der Waals surface area contributed by atoms with Crippen LogP contribution in [0.5, 0.6) is 0 Å². The second-order valence-electron chi connectivity index (χ2n) is 7.12. The molecule has 0 bridgehead atoms. The van der Waals surface area contributed by atoms with Crippen LogP contribution < -0.4 is 5.30 Å². The van der Waals surface area contributed by atoms with Gasteiger partial charge in [0, 0.05) is 17.1 Å². The van der Waals surface area contributed by atoms with E-state index in [0.29, 0.717) is 17.8 Å². The zero-order valence-corrected chi connectivity index (χ0v) is 17.1. The van der Waals surface area contributed by atoms with Crippen molar-refractivity contribution < 1.29 is 0 Å². The van der Waals surface area contributed by atoms with Crippen LogP contribution in [0, 0.1) is 0 Å². The Bertz CT molecular complexity index is 1310. The van der Waals surface area contributed by atoms with Crippen LogP contribution >= 0.6 is 7.92 Å². The van der Waals surface area contributed by atoms with Gasteiger partial charge in [-0.2, -0.15) is 0 Å². The molecule has 5 rings (SSSR count). The van der Waals surface area contributed by atoms with E-state index in [1.807, 2.05) is 12.1 Å². The molecule has 0 spiro atoms. The molecule has 0 amide bonds. The van der Waals surface area contributed by atoms with Crippen molar-refractivity contribution in [1.29, 1.82) is 0 Å². The van der Waals surface area contributed by atoms with Crippen LogP contribution in [0.4, 0.5) is 0 Å². The monoisotopic (exact) mass is 398 g/mol. The summed E-state index contributed by atoms with van der Waals surface area (Å²) in [5, 5.41) is 10.9. The molecule has 2 aromatic carbocycles. The predicted octanol–water partition coefficient (Wildman–Crippen LogP) is 3.85. The van der Waals surface area contributed by atoms with Crippen molar-refractivity contribution in [2.24, 2.45) is 0 Å². The van der Waals surface area contributed by atoms with E-state index in [0.717, 1.165) is 27.7 Å². The van der Waals surface area contributed by atoms with Gasteiger partial charge in [0.2, 0.25) is 5.65 Å². The highest BCUT2D eigenvalue weighted by molar-refractivity contribution is 7.64. The molecular weight excluding hydrogens is 379 g/mol. The number of hydrogen-bond acceptors (Lipinski definition) is 5. The quantitative estimate of drug-likeness (QED) is 0.430. The average molecular weight is 398 g/mol. The van der Waals surface area contributed by atoms with E-state index in [9.17, 15) is 0 Å². The maximum Gasteiger partial charge on any atom is 0.221 e. The fourth-order valence-electron chi connectivity index (χ4n) is 3.33. The molecule has 0 aliphatic carbocycles. The fourth-order valence-corrected chi connectivity index (χ4v) is 4.07. The third-order valence-electron chi connectivity index (χ3n) is 4.91. The first-order valence-corrected chi connectivity index (χ1v) is 11.6. The van der Waals surface area contributed by atoms with Gasteiger partial charge >= 0.3 is 0 Å². The molecule has 6 nitrogen and oxygen atoms in total. The molecule has 0 aliphatic heterocycles. The Labute approximate surface area is 169 Å². The normalized spacial score (nSPS) is 11.6. The first kappa shape index (κ1) is 17.8. The standard InChI is InChI=1S/C22H19N6P/c1-29(2)18-8-6-16(7-9-18)20-13-24-21-22(25-20)28(27-26-21)14-15-5-10-19-17(12-15)4-3-11-23-19/h3-13H,14H2,1-2H3. The highest BCUT2D eigenvalue weighted by Gasteiger charge is 2.11. The zero-order valence-electron chi connectivity index (χ0n) is 16.2. The number of aromatic nitrogens is 6. The van der Waals surface area contributed by atoms with Crippen LogP contribution in [0.2, 0.25) is 0 Å². The van der Waals surface area contributed by atoms with Gasteiger partial charge in [-0.05, 0) is 42.4 Å². The molecule has 142 valence electrons. The van der Waals surface area contributed by atoms with Crippen molar-refractivity contribution in [2.45, 2.75) is 6.54 Å². The molecule has 0 fully saturated rings. The van der Waals surface area contributed by atoms with Crippen molar-refractivity contribution in [2.75, 3.05) is 13.3 Å². The molecule has 7 heteroatoms. The molecular formula is C22H19N6P. The molecule has 0 radical (unpaired) electrons. The summed E-state index contributed by atoms with van der Waals surface area (Å²) in [5.41, 5.74) is 5.21. The minimum atomic E-state index is -0.109. The predicted molar refractivity (Wildman–Crippen MR) is 118 cm³/mol. The molecule has 0 saturated heterocycles. The zero-order chi connectivity index (χ0) is 19.8. The van der Waals surface area contributed by atoms with Crippen molar-refractivity contribution in [1.82, 2.24) is 29.9 Å². The van der Waals surface area contributed by atoms with Crippen LogP contribution in [-0.4, -0.2) is 43.3 Å². The Balaban J connectivity index is 1.50. The Morgan fingerprint density at radius 3 is 2.66 bits per heavy atom. The van der Waals surface area contributed by atoms with Gasteiger partial charge in [-0.25, -0.2) is 14.6 Å². The van der Waals surface area contributed by atoms with Gasteiger partial charge in [0.15, 0.2) is 5.65 Å². The number of hydrogen-bond donors (Lipinski definition) is 0. The molecule has 29 heavy (non-hydrogen) atoms. The lowest BCUT2D eigenvalue weighted by Crippen LogP contribution is -2.04. The van der Waals surface area contributed by atoms with Gasteiger partial charge in [-0.15, -0.1) is 5.10 Å². The Hall–Kier alpha value is -3.24. The summed E-state index contributed by atoms with van der Waals surface area (Å²) in [4.78, 5) is 13.6. The van der Waals surface area contributed by atoms with Gasteiger partial charge in [-0.1, -0.05) is 49.5 Å². The number of nitrogens with zero attached hydrogens (tertiary/aromatic N) is 6. The number of rotatable bonds is 4. The van der Waals surface area contributed by atoms with Crippen molar-refractivity contribution in [3.63, 3.8) is 0 Å². The van der Waals surface area contributed by atoms with Crippen LogP contribution in [0.1, 0.15) is 5.56 Å². The molecule has 0 aliphatic rings. The molecule has 0 saturated carbocycles. The summed E-state index contributed by atoms with van der Waals surface area (Å²) in [7, 11) is -0.109. The van der Waals surface area contributed by atoms with E-state index >= 15 is 0 Å². The summed E-state index contributed by atoms with van der Waals surface area (Å²) in [6, 6.07) is 18.8. The summed E-state index contributed by atoms with van der Waals surface area (Å²) in [6.45, 7) is 5.08. The highest BCUT2D eigenvalue weighted by Crippen LogP contribution is 2.25. The molecule has 5 aromatic rings. The van der Waals surface area contributed by atoms with Crippen LogP contribution in [0.25, 0.3) is 33.5 Å². The van der Waals surface area contributed by atoms with Gasteiger partial charge in [0.1, 0.15) is 0 Å². The second-order valence-corrected chi connectivity index (χ2v) is 9.43. The maximum absolute atomic E-state index is 4.81. The van der Waals surface area contributed by atoms with E-state index in [1.54, 1.807) is 17.1 Å². The van der Waals surface area contributed by atoms with Gasteiger partial charge in [0.05, 0.1) is 24.0 Å². The van der Waals surface area contributed by atoms with Crippen molar-refractivity contribution in [3.05, 3.63) is 72.6 Å². The fraction of sp³-hybridized carbons (Fsp3) is 0.136. The third kappa shape index (κ3) is 3.47. The second kappa shape index (κ2) is 7.30. The summed E-state index contributed by atoms with van der Waals surface area (Å²) >= 11 is 0. The average Bonchev–Trinajstić information content (AvgIpc) is 3.15. The number of benzene rings is 2. The molecule has 3 aromatic heterocycles. The first-order chi connectivity index (χ1) is 14.2. The van der Waals surface area contributed by atoms with E-state index in [4.69, 9.17) is 4.98 Å². The lowest BCUT2D eigenvalue weighted by atomic mass is 10.1. The number of pyridine rings is 1. The topological polar surface area (TPSA) is 69.4 Å². The molecule has 0 N–H and O–H groups in total. The summed E-state index contributed by atoms with van der Waals surface area (Å²) < 4.78 is 1.80. The van der Waals surface area contributed by atoms with Crippen molar-refractivity contribution >= 4 is 35.4 Å². The van der Waals surface area contributed by atoms with Gasteiger partial charge in [0.25, 0.3) is 0 Å². The lowest BCUT2D eigenvalue weighted by Gasteiger charge is -2.07.